The van der Waals surface area contributed by atoms with E-state index in [9.17, 15) is 19.2 Å². The molecule has 1 aliphatic carbocycles. The second-order valence-corrected chi connectivity index (χ2v) is 7.72. The van der Waals surface area contributed by atoms with Gasteiger partial charge in [-0.15, -0.1) is 0 Å². The van der Waals surface area contributed by atoms with Gasteiger partial charge in [-0.3, -0.25) is 35.5 Å². The van der Waals surface area contributed by atoms with Crippen LogP contribution < -0.4 is 26.0 Å². The summed E-state index contributed by atoms with van der Waals surface area (Å²) < 4.78 is 5.34. The normalized spacial score (nSPS) is 19.4. The van der Waals surface area contributed by atoms with Gasteiger partial charge in [0.25, 0.3) is 11.8 Å². The van der Waals surface area contributed by atoms with Gasteiger partial charge < -0.3 is 4.74 Å². The molecule has 1 heterocycles. The molecule has 2 aliphatic rings. The van der Waals surface area contributed by atoms with Gasteiger partial charge in [0.1, 0.15) is 5.75 Å². The number of carbonyl (C=O) groups is 4. The summed E-state index contributed by atoms with van der Waals surface area (Å²) >= 11 is 0. The Labute approximate surface area is 190 Å². The number of benzene rings is 2. The molecule has 9 nitrogen and oxygen atoms in total. The van der Waals surface area contributed by atoms with Crippen LogP contribution in [-0.2, 0) is 9.59 Å². The molecule has 2 atom stereocenters. The van der Waals surface area contributed by atoms with E-state index < -0.39 is 17.7 Å². The minimum absolute atomic E-state index is 0.215. The molecule has 1 aliphatic heterocycles. The maximum absolute atomic E-state index is 12.9. The molecule has 0 saturated carbocycles. The van der Waals surface area contributed by atoms with Crippen molar-refractivity contribution in [3.63, 3.8) is 0 Å². The number of rotatable bonds is 5. The summed E-state index contributed by atoms with van der Waals surface area (Å²) in [6.45, 7) is 2.38. The van der Waals surface area contributed by atoms with Crippen molar-refractivity contribution in [1.82, 2.24) is 16.3 Å². The number of allylic oxidation sites excluding steroid dienone is 2. The number of hydrogen-bond donors (Lipinski definition) is 3. The fraction of sp³-hybridized carbons (Fsp3) is 0.250. The average molecular weight is 448 g/mol. The van der Waals surface area contributed by atoms with Crippen molar-refractivity contribution in [2.45, 2.75) is 19.8 Å². The first-order valence-electron chi connectivity index (χ1n) is 10.7. The van der Waals surface area contributed by atoms with Gasteiger partial charge in [0.15, 0.2) is 0 Å². The molecule has 2 aromatic rings. The molecule has 3 N–H and O–H groups in total. The van der Waals surface area contributed by atoms with Crippen molar-refractivity contribution in [3.8, 4) is 5.75 Å². The summed E-state index contributed by atoms with van der Waals surface area (Å²) in [4.78, 5) is 50.3. The van der Waals surface area contributed by atoms with Gasteiger partial charge in [-0.05, 0) is 62.2 Å². The minimum atomic E-state index is -0.564. The smallest absolute Gasteiger partial charge is 0.269 e. The maximum atomic E-state index is 12.9. The number of nitrogens with zero attached hydrogens (tertiary/aromatic N) is 1. The first-order valence-corrected chi connectivity index (χ1v) is 10.7. The lowest BCUT2D eigenvalue weighted by Crippen LogP contribution is -2.59. The second-order valence-electron chi connectivity index (χ2n) is 7.72. The average Bonchev–Trinajstić information content (AvgIpc) is 2.85. The third-order valence-electron chi connectivity index (χ3n) is 5.61. The van der Waals surface area contributed by atoms with Gasteiger partial charge in [0.2, 0.25) is 11.8 Å². The first kappa shape index (κ1) is 22.1. The first-order chi connectivity index (χ1) is 16.0. The molecular weight excluding hydrogens is 424 g/mol. The van der Waals surface area contributed by atoms with Crippen molar-refractivity contribution >= 4 is 29.3 Å². The van der Waals surface area contributed by atoms with Gasteiger partial charge in [0.05, 0.1) is 24.1 Å². The van der Waals surface area contributed by atoms with E-state index in [1.807, 2.05) is 19.1 Å². The van der Waals surface area contributed by atoms with E-state index in [4.69, 9.17) is 4.74 Å². The number of amides is 4. The van der Waals surface area contributed by atoms with Crippen LogP contribution in [0.4, 0.5) is 5.69 Å². The Hall–Kier alpha value is -4.14. The quantitative estimate of drug-likeness (QED) is 0.479. The van der Waals surface area contributed by atoms with Crippen molar-refractivity contribution < 1.29 is 23.9 Å². The molecule has 9 heteroatoms. The Balaban J connectivity index is 1.41. The highest BCUT2D eigenvalue weighted by molar-refractivity contribution is 6.05. The van der Waals surface area contributed by atoms with Crippen LogP contribution in [0.5, 0.6) is 5.75 Å². The van der Waals surface area contributed by atoms with Crippen molar-refractivity contribution in [3.05, 3.63) is 71.8 Å². The fourth-order valence-corrected chi connectivity index (χ4v) is 3.90. The van der Waals surface area contributed by atoms with Crippen LogP contribution in [0, 0.1) is 11.8 Å². The standard InChI is InChI=1S/C24H24N4O5/c1-2-33-18-12-10-15(11-13-18)21(29)25-26-22(30)16-6-5-7-17(14-16)28-24(32)20-9-4-3-8-19(20)23(31)27-28/h3-7,10-14,19-20H,2,8-9H2,1H3,(H,25,29)(H,26,30)(H,27,31). The van der Waals surface area contributed by atoms with Crippen molar-refractivity contribution in [2.75, 3.05) is 11.6 Å². The Kier molecular flexibility index (Phi) is 6.39. The molecule has 0 spiro atoms. The van der Waals surface area contributed by atoms with E-state index in [1.165, 1.54) is 11.1 Å². The predicted molar refractivity (Wildman–Crippen MR) is 120 cm³/mol. The van der Waals surface area contributed by atoms with Gasteiger partial charge >= 0.3 is 0 Å². The van der Waals surface area contributed by atoms with Gasteiger partial charge in [-0.1, -0.05) is 18.2 Å². The lowest BCUT2D eigenvalue weighted by atomic mass is 9.80. The molecule has 4 amide bonds. The summed E-state index contributed by atoms with van der Waals surface area (Å²) in [6.07, 6.45) is 4.86. The molecule has 1 saturated heterocycles. The highest BCUT2D eigenvalue weighted by Gasteiger charge is 2.42. The molecule has 0 aromatic heterocycles. The molecule has 1 fully saturated rings. The maximum Gasteiger partial charge on any atom is 0.269 e. The SMILES string of the molecule is CCOc1ccc(C(=O)NNC(=O)c2cccc(N3NC(=O)C4CC=CCC4C3=O)c2)cc1. The van der Waals surface area contributed by atoms with E-state index in [2.05, 4.69) is 16.3 Å². The number of hydrazine groups is 2. The summed E-state index contributed by atoms with van der Waals surface area (Å²) in [5.41, 5.74) is 8.29. The highest BCUT2D eigenvalue weighted by Crippen LogP contribution is 2.32. The number of carbonyl (C=O) groups excluding carboxylic acids is 4. The Morgan fingerprint density at radius 2 is 1.64 bits per heavy atom. The number of anilines is 1. The lowest BCUT2D eigenvalue weighted by Gasteiger charge is -2.38. The molecule has 2 unspecified atom stereocenters. The molecule has 33 heavy (non-hydrogen) atoms. The zero-order valence-electron chi connectivity index (χ0n) is 18.0. The zero-order valence-corrected chi connectivity index (χ0v) is 18.0. The van der Waals surface area contributed by atoms with Crippen LogP contribution in [0.1, 0.15) is 40.5 Å². The third-order valence-corrected chi connectivity index (χ3v) is 5.61. The molecular formula is C24H24N4O5. The molecule has 170 valence electrons. The lowest BCUT2D eigenvalue weighted by molar-refractivity contribution is -0.139. The number of ether oxygens (including phenoxy) is 1. The second kappa shape index (κ2) is 9.56. The van der Waals surface area contributed by atoms with Crippen LogP contribution in [-0.4, -0.2) is 30.2 Å². The number of hydrogen-bond acceptors (Lipinski definition) is 5. The topological polar surface area (TPSA) is 117 Å². The molecule has 0 radical (unpaired) electrons. The van der Waals surface area contributed by atoms with Crippen LogP contribution in [0.15, 0.2) is 60.7 Å². The third kappa shape index (κ3) is 4.72. The largest absolute Gasteiger partial charge is 0.494 e. The minimum Gasteiger partial charge on any atom is -0.494 e. The molecule has 0 bridgehead atoms. The van der Waals surface area contributed by atoms with E-state index in [0.717, 1.165) is 0 Å². The zero-order chi connectivity index (χ0) is 23.4. The van der Waals surface area contributed by atoms with Gasteiger partial charge in [-0.2, -0.15) is 0 Å². The predicted octanol–water partition coefficient (Wildman–Crippen LogP) is 2.12. The summed E-state index contributed by atoms with van der Waals surface area (Å²) in [5, 5.41) is 1.19. The van der Waals surface area contributed by atoms with E-state index in [0.29, 0.717) is 36.4 Å². The number of nitrogens with one attached hydrogen (secondary N) is 3. The Bertz CT molecular complexity index is 1110. The fourth-order valence-electron chi connectivity index (χ4n) is 3.90. The summed E-state index contributed by atoms with van der Waals surface area (Å²) in [7, 11) is 0. The van der Waals surface area contributed by atoms with E-state index >= 15 is 0 Å². The van der Waals surface area contributed by atoms with Crippen LogP contribution >= 0.6 is 0 Å². The van der Waals surface area contributed by atoms with Crippen LogP contribution in [0.3, 0.4) is 0 Å². The van der Waals surface area contributed by atoms with Crippen LogP contribution in [0.2, 0.25) is 0 Å². The number of fused-ring (bicyclic) bond motifs is 1. The molecule has 2 aromatic carbocycles. The van der Waals surface area contributed by atoms with E-state index in [-0.39, 0.29) is 23.3 Å². The summed E-state index contributed by atoms with van der Waals surface area (Å²) in [5.74, 6) is -1.64. The van der Waals surface area contributed by atoms with Crippen molar-refractivity contribution in [2.24, 2.45) is 11.8 Å². The highest BCUT2D eigenvalue weighted by atomic mass is 16.5. The summed E-state index contributed by atoms with van der Waals surface area (Å²) in [6, 6.07) is 12.8. The van der Waals surface area contributed by atoms with Gasteiger partial charge in [0, 0.05) is 11.1 Å². The van der Waals surface area contributed by atoms with Crippen LogP contribution in [0.25, 0.3) is 0 Å². The van der Waals surface area contributed by atoms with Gasteiger partial charge in [-0.25, -0.2) is 5.01 Å². The monoisotopic (exact) mass is 448 g/mol. The van der Waals surface area contributed by atoms with E-state index in [1.54, 1.807) is 42.5 Å². The molecule has 4 rings (SSSR count). The Morgan fingerprint density at radius 1 is 0.970 bits per heavy atom. The Morgan fingerprint density at radius 3 is 2.33 bits per heavy atom. The van der Waals surface area contributed by atoms with Crippen molar-refractivity contribution in [1.29, 1.82) is 0 Å².